The van der Waals surface area contributed by atoms with Gasteiger partial charge in [0.1, 0.15) is 0 Å². The van der Waals surface area contributed by atoms with E-state index in [4.69, 9.17) is 0 Å². The molecule has 9 aliphatic rings. The van der Waals surface area contributed by atoms with Gasteiger partial charge in [-0.15, -0.1) is 31.7 Å². The van der Waals surface area contributed by atoms with Gasteiger partial charge < -0.3 is 7.43 Å². The molecular formula is C55H74Cl2Zr-4. The maximum atomic E-state index is 3.49. The van der Waals surface area contributed by atoms with Gasteiger partial charge in [-0.2, -0.15) is 58.7 Å². The van der Waals surface area contributed by atoms with Crippen molar-refractivity contribution in [3.63, 3.8) is 0 Å². The first kappa shape index (κ1) is 49.0. The van der Waals surface area contributed by atoms with E-state index in [1.165, 1.54) is 79.5 Å². The van der Waals surface area contributed by atoms with Gasteiger partial charge in [0.2, 0.25) is 0 Å². The van der Waals surface area contributed by atoms with Gasteiger partial charge in [0.25, 0.3) is 0 Å². The van der Waals surface area contributed by atoms with Crippen molar-refractivity contribution in [3.8, 4) is 0 Å². The van der Waals surface area contributed by atoms with Crippen molar-refractivity contribution < 1.29 is 24.2 Å². The van der Waals surface area contributed by atoms with Crippen molar-refractivity contribution in [1.29, 1.82) is 0 Å². The van der Waals surface area contributed by atoms with Gasteiger partial charge in [-0.25, -0.2) is 12.0 Å². The summed E-state index contributed by atoms with van der Waals surface area (Å²) in [4.78, 5) is 0. The average molecular weight is 897 g/mol. The molecule has 0 N–H and O–H groups in total. The molecule has 3 unspecified atom stereocenters. The fourth-order valence-electron chi connectivity index (χ4n) is 13.6. The molecule has 58 heavy (non-hydrogen) atoms. The zero-order chi connectivity index (χ0) is 39.7. The maximum Gasteiger partial charge on any atom is -0.358 e. The topological polar surface area (TPSA) is 0 Å². The van der Waals surface area contributed by atoms with Crippen LogP contribution in [-0.2, 0) is 30.7 Å². The Kier molecular flexibility index (Phi) is 15.2. The van der Waals surface area contributed by atoms with Crippen LogP contribution < -0.4 is 0 Å². The van der Waals surface area contributed by atoms with Crippen molar-refractivity contribution in [3.05, 3.63) is 137 Å². The number of hydrogen-bond donors (Lipinski definition) is 0. The van der Waals surface area contributed by atoms with E-state index < -0.39 is 0 Å². The quantitative estimate of drug-likeness (QED) is 0.250. The molecule has 4 bridgehead atoms. The molecule has 9 aliphatic carbocycles. The fraction of sp³-hybridized carbons (Fsp3) is 0.545. The Hall–Kier alpha value is -1.66. The number of fused-ring (bicyclic) bond motifs is 6. The first-order valence-electron chi connectivity index (χ1n) is 21.7. The Morgan fingerprint density at radius 1 is 0.810 bits per heavy atom. The number of allylic oxidation sites excluding steroid dienone is 10. The summed E-state index contributed by atoms with van der Waals surface area (Å²) in [5, 5.41) is 0. The van der Waals surface area contributed by atoms with Crippen LogP contribution in [0.3, 0.4) is 0 Å². The Balaban J connectivity index is 0.000000217. The molecule has 0 amide bonds. The van der Waals surface area contributed by atoms with Crippen molar-refractivity contribution in [2.45, 2.75) is 128 Å². The number of halogens is 2. The average Bonchev–Trinajstić information content (AvgIpc) is 3.78. The molecule has 0 nitrogen and oxygen atoms in total. The molecule has 3 heteroatoms. The van der Waals surface area contributed by atoms with Gasteiger partial charge in [-0.1, -0.05) is 146 Å². The predicted molar refractivity (Wildman–Crippen MR) is 253 cm³/mol. The predicted octanol–water partition coefficient (Wildman–Crippen LogP) is 15.4. The van der Waals surface area contributed by atoms with Crippen LogP contribution in [0.5, 0.6) is 0 Å². The second kappa shape index (κ2) is 18.0. The van der Waals surface area contributed by atoms with Gasteiger partial charge in [0.15, 0.2) is 0 Å². The third-order valence-corrected chi connectivity index (χ3v) is 18.1. The fourth-order valence-corrected chi connectivity index (χ4v) is 13.6. The van der Waals surface area contributed by atoms with Crippen molar-refractivity contribution in [2.24, 2.45) is 62.6 Å². The zero-order valence-electron chi connectivity index (χ0n) is 38.1. The van der Waals surface area contributed by atoms with Crippen LogP contribution in [0.4, 0.5) is 0 Å². The van der Waals surface area contributed by atoms with E-state index >= 15 is 0 Å². The summed E-state index contributed by atoms with van der Waals surface area (Å²) < 4.78 is 3.34. The third-order valence-electron chi connectivity index (χ3n) is 18.1. The van der Waals surface area contributed by atoms with Crippen LogP contribution in [0, 0.1) is 95.0 Å². The van der Waals surface area contributed by atoms with E-state index in [9.17, 15) is 0 Å². The standard InChI is InChI=1S/C29H37.C17H23.C7H7.CH3.CH2.2ClH.Zr/c1-18-25-22-17-19-13-9-10-14-20(19)24(22)21-15-11-12-16-23(21)29(25,8)28(6,7)27(4,5)26(18,2)3;1-11-3-4-14(5-11)17(2)15-7-12-6-13(9-15)10-16(17)8-12;1-7-5-3-2-4-6-7;;;;;/h9-11,13-15,23H,12,16-17H2,1-8H3;4-5,11-13,15-16H,6-10H2,1-2H3;3-6H,1H3;1H3;1H2;2*1H;/q4*-1;;;;. The molecule has 2 aromatic carbocycles. The number of hydrogen-bond acceptors (Lipinski definition) is 0. The van der Waals surface area contributed by atoms with E-state index in [1.807, 2.05) is 24.3 Å². The van der Waals surface area contributed by atoms with Crippen LogP contribution in [0.2, 0.25) is 0 Å². The molecule has 0 saturated heterocycles. The normalized spacial score (nSPS) is 34.0. The summed E-state index contributed by atoms with van der Waals surface area (Å²) in [5.41, 5.74) is 13.7. The molecule has 0 radical (unpaired) electrons. The molecule has 3 atom stereocenters. The van der Waals surface area contributed by atoms with Crippen LogP contribution in [0.15, 0.2) is 95.1 Å². The molecule has 0 aromatic heterocycles. The van der Waals surface area contributed by atoms with E-state index in [-0.39, 0.29) is 53.9 Å². The summed E-state index contributed by atoms with van der Waals surface area (Å²) in [7, 11) is 0. The minimum atomic E-state index is 0. The minimum absolute atomic E-state index is 0. The summed E-state index contributed by atoms with van der Waals surface area (Å²) in [6, 6.07) is 20.0. The molecule has 5 fully saturated rings. The minimum Gasteiger partial charge on any atom is -0.358 e. The molecule has 0 spiro atoms. The van der Waals surface area contributed by atoms with E-state index in [0.29, 0.717) is 17.3 Å². The third kappa shape index (κ3) is 7.42. The molecule has 316 valence electrons. The second-order valence-electron chi connectivity index (χ2n) is 20.6. The molecular weight excluding hydrogens is 823 g/mol. The SMILES string of the molecule is CC1[C-]=CC(C2(C)C3CC4CC(C3)CC2C4)=C1.C[C-]1C2=C3Cc4ccccc4C3=C3C=CCCC3C2(C)C(C)(C)C(C)(C)C1(C)C.Cc1cc[c-]cc1.Cl.Cl.[CH2]=[Zr].[CH3-]. The van der Waals surface area contributed by atoms with Gasteiger partial charge in [-0.05, 0) is 96.3 Å². The van der Waals surface area contributed by atoms with Gasteiger partial charge >= 0.3 is 28.4 Å². The van der Waals surface area contributed by atoms with Gasteiger partial charge in [0, 0.05) is 0 Å². The van der Waals surface area contributed by atoms with Crippen LogP contribution in [0.25, 0.3) is 5.57 Å². The monoisotopic (exact) mass is 894 g/mol. The van der Waals surface area contributed by atoms with Gasteiger partial charge in [0.05, 0.1) is 0 Å². The van der Waals surface area contributed by atoms with E-state index in [0.717, 1.165) is 30.1 Å². The van der Waals surface area contributed by atoms with E-state index in [2.05, 4.69) is 141 Å². The smallest absolute Gasteiger partial charge is 0.358 e. The first-order valence-corrected chi connectivity index (χ1v) is 23.4. The summed E-state index contributed by atoms with van der Waals surface area (Å²) in [5.74, 6) is 6.92. The zero-order valence-corrected chi connectivity index (χ0v) is 42.2. The summed E-state index contributed by atoms with van der Waals surface area (Å²) in [6.45, 7) is 27.2. The Morgan fingerprint density at radius 3 is 1.93 bits per heavy atom. The van der Waals surface area contributed by atoms with Crippen molar-refractivity contribution in [1.82, 2.24) is 0 Å². The summed E-state index contributed by atoms with van der Waals surface area (Å²) >= 11 is 1.30. The Bertz CT molecular complexity index is 1910. The van der Waals surface area contributed by atoms with Crippen LogP contribution >= 0.6 is 24.8 Å². The molecule has 0 aliphatic heterocycles. The Morgan fingerprint density at radius 2 is 1.40 bits per heavy atom. The van der Waals surface area contributed by atoms with Gasteiger partial charge in [-0.3, -0.25) is 6.08 Å². The second-order valence-corrected chi connectivity index (χ2v) is 20.6. The van der Waals surface area contributed by atoms with Crippen molar-refractivity contribution in [2.75, 3.05) is 0 Å². The summed E-state index contributed by atoms with van der Waals surface area (Å²) in [6.07, 6.45) is 24.4. The van der Waals surface area contributed by atoms with E-state index in [1.54, 1.807) is 40.2 Å². The maximum absolute atomic E-state index is 3.49. The van der Waals surface area contributed by atoms with Crippen LogP contribution in [0.1, 0.15) is 131 Å². The van der Waals surface area contributed by atoms with Crippen LogP contribution in [-0.4, -0.2) is 4.21 Å². The van der Waals surface area contributed by atoms with Crippen molar-refractivity contribution >= 4 is 34.6 Å². The number of rotatable bonds is 1. The Labute approximate surface area is 383 Å². The molecule has 11 rings (SSSR count). The number of aryl methyl sites for hydroxylation is 1. The molecule has 0 heterocycles. The first-order chi connectivity index (χ1) is 26.0. The molecule has 2 aromatic rings. The number of benzene rings is 2. The largest absolute Gasteiger partial charge is 0.358 e. The molecule has 5 saturated carbocycles.